The first-order valence-corrected chi connectivity index (χ1v) is 14.9. The first-order valence-electron chi connectivity index (χ1n) is 7.89. The standard InChI is InChI=1S/C20H26Si2/c1-21(2,3)19-11-7-9-17(15-19)13-14-18-10-8-12-20(16-18)22(4,5)6/h7-12,15-16H,1-6H3. The van der Waals surface area contributed by atoms with Crippen molar-refractivity contribution in [2.75, 3.05) is 0 Å². The van der Waals surface area contributed by atoms with Gasteiger partial charge in [0, 0.05) is 11.1 Å². The number of hydrogen-bond donors (Lipinski definition) is 0. The van der Waals surface area contributed by atoms with E-state index in [1.54, 1.807) is 0 Å². The van der Waals surface area contributed by atoms with Crippen molar-refractivity contribution < 1.29 is 0 Å². The smallest absolute Gasteiger partial charge is 0.0656 e. The van der Waals surface area contributed by atoms with Gasteiger partial charge in [0.15, 0.2) is 0 Å². The van der Waals surface area contributed by atoms with Crippen LogP contribution in [0.5, 0.6) is 0 Å². The molecule has 0 fully saturated rings. The van der Waals surface area contributed by atoms with Crippen molar-refractivity contribution >= 4 is 26.5 Å². The van der Waals surface area contributed by atoms with E-state index >= 15 is 0 Å². The van der Waals surface area contributed by atoms with Gasteiger partial charge in [-0.05, 0) is 24.3 Å². The van der Waals surface area contributed by atoms with Gasteiger partial charge < -0.3 is 0 Å². The van der Waals surface area contributed by atoms with Crippen LogP contribution in [-0.2, 0) is 0 Å². The molecular weight excluding hydrogens is 296 g/mol. The van der Waals surface area contributed by atoms with Crippen molar-refractivity contribution in [3.63, 3.8) is 0 Å². The van der Waals surface area contributed by atoms with Gasteiger partial charge in [0.1, 0.15) is 0 Å². The normalized spacial score (nSPS) is 11.7. The molecule has 0 radical (unpaired) electrons. The van der Waals surface area contributed by atoms with Crippen LogP contribution in [0.4, 0.5) is 0 Å². The lowest BCUT2D eigenvalue weighted by Gasteiger charge is -2.16. The highest BCUT2D eigenvalue weighted by molar-refractivity contribution is 6.89. The highest BCUT2D eigenvalue weighted by Gasteiger charge is 2.16. The van der Waals surface area contributed by atoms with Crippen LogP contribution >= 0.6 is 0 Å². The quantitative estimate of drug-likeness (QED) is 0.575. The Kier molecular flexibility index (Phi) is 4.79. The lowest BCUT2D eigenvalue weighted by molar-refractivity contribution is 1.62. The van der Waals surface area contributed by atoms with Crippen LogP contribution in [0.2, 0.25) is 39.3 Å². The molecule has 2 rings (SSSR count). The van der Waals surface area contributed by atoms with Gasteiger partial charge in [0.25, 0.3) is 0 Å². The molecule has 2 aromatic carbocycles. The molecule has 0 aliphatic rings. The summed E-state index contributed by atoms with van der Waals surface area (Å²) in [7, 11) is -2.54. The summed E-state index contributed by atoms with van der Waals surface area (Å²) in [6.45, 7) is 14.2. The van der Waals surface area contributed by atoms with E-state index in [9.17, 15) is 0 Å². The zero-order valence-corrected chi connectivity index (χ0v) is 16.6. The summed E-state index contributed by atoms with van der Waals surface area (Å²) in [4.78, 5) is 0. The first kappa shape index (κ1) is 16.8. The molecule has 0 bridgehead atoms. The Labute approximate surface area is 137 Å². The molecule has 2 aromatic rings. The SMILES string of the molecule is C[Si](C)(C)c1cccc(C#Cc2cccc([Si](C)(C)C)c2)c1. The molecule has 0 heterocycles. The summed E-state index contributed by atoms with van der Waals surface area (Å²) in [5, 5.41) is 2.94. The second-order valence-corrected chi connectivity index (χ2v) is 18.1. The van der Waals surface area contributed by atoms with Gasteiger partial charge in [-0.15, -0.1) is 0 Å². The van der Waals surface area contributed by atoms with Crippen LogP contribution in [0, 0.1) is 11.8 Å². The van der Waals surface area contributed by atoms with Gasteiger partial charge in [-0.3, -0.25) is 0 Å². The predicted molar refractivity (Wildman–Crippen MR) is 105 cm³/mol. The highest BCUT2D eigenvalue weighted by Crippen LogP contribution is 2.06. The van der Waals surface area contributed by atoms with Gasteiger partial charge in [-0.1, -0.05) is 85.8 Å². The molecule has 0 atom stereocenters. The number of benzene rings is 2. The molecule has 2 heteroatoms. The van der Waals surface area contributed by atoms with E-state index in [0.717, 1.165) is 11.1 Å². The monoisotopic (exact) mass is 322 g/mol. The molecule has 0 spiro atoms. The molecule has 0 saturated heterocycles. The average Bonchev–Trinajstić information content (AvgIpc) is 2.44. The molecule has 0 amide bonds. The van der Waals surface area contributed by atoms with Gasteiger partial charge in [-0.2, -0.15) is 0 Å². The minimum atomic E-state index is -1.27. The first-order chi connectivity index (χ1) is 10.2. The van der Waals surface area contributed by atoms with E-state index in [1.807, 2.05) is 0 Å². The van der Waals surface area contributed by atoms with Gasteiger partial charge >= 0.3 is 0 Å². The summed E-state index contributed by atoms with van der Waals surface area (Å²) in [6, 6.07) is 17.5. The molecule has 0 nitrogen and oxygen atoms in total. The number of hydrogen-bond acceptors (Lipinski definition) is 0. The third-order valence-corrected chi connectivity index (χ3v) is 7.89. The summed E-state index contributed by atoms with van der Waals surface area (Å²) < 4.78 is 0. The molecule has 0 N–H and O–H groups in total. The lowest BCUT2D eigenvalue weighted by Crippen LogP contribution is -2.37. The zero-order valence-electron chi connectivity index (χ0n) is 14.6. The molecule has 0 aliphatic carbocycles. The van der Waals surface area contributed by atoms with Crippen molar-refractivity contribution in [1.29, 1.82) is 0 Å². The third kappa shape index (κ3) is 4.46. The van der Waals surface area contributed by atoms with Crippen LogP contribution in [-0.4, -0.2) is 16.1 Å². The van der Waals surface area contributed by atoms with E-state index in [0.29, 0.717) is 0 Å². The van der Waals surface area contributed by atoms with Crippen LogP contribution in [0.1, 0.15) is 11.1 Å². The van der Waals surface area contributed by atoms with Crippen molar-refractivity contribution in [2.24, 2.45) is 0 Å². The fraction of sp³-hybridized carbons (Fsp3) is 0.300. The van der Waals surface area contributed by atoms with Crippen molar-refractivity contribution in [1.82, 2.24) is 0 Å². The Morgan fingerprint density at radius 1 is 0.591 bits per heavy atom. The van der Waals surface area contributed by atoms with E-state index in [4.69, 9.17) is 0 Å². The minimum absolute atomic E-state index is 1.12. The van der Waals surface area contributed by atoms with Gasteiger partial charge in [0.05, 0.1) is 16.1 Å². The maximum absolute atomic E-state index is 3.34. The lowest BCUT2D eigenvalue weighted by atomic mass is 10.2. The van der Waals surface area contributed by atoms with Gasteiger partial charge in [-0.25, -0.2) is 0 Å². The summed E-state index contributed by atoms with van der Waals surface area (Å²) in [6.07, 6.45) is 0. The van der Waals surface area contributed by atoms with E-state index in [1.165, 1.54) is 10.4 Å². The van der Waals surface area contributed by atoms with Crippen molar-refractivity contribution in [2.45, 2.75) is 39.3 Å². The van der Waals surface area contributed by atoms with Crippen LogP contribution in [0.3, 0.4) is 0 Å². The van der Waals surface area contributed by atoms with Crippen molar-refractivity contribution in [3.05, 3.63) is 59.7 Å². The molecule has 114 valence electrons. The second kappa shape index (κ2) is 6.28. The summed E-state index contributed by atoms with van der Waals surface area (Å²) in [5.74, 6) is 6.68. The minimum Gasteiger partial charge on any atom is -0.0656 e. The predicted octanol–water partition coefficient (Wildman–Crippen LogP) is 4.18. The molecule has 0 unspecified atom stereocenters. The topological polar surface area (TPSA) is 0 Å². The van der Waals surface area contributed by atoms with Crippen molar-refractivity contribution in [3.8, 4) is 11.8 Å². The van der Waals surface area contributed by atoms with Crippen LogP contribution in [0.25, 0.3) is 0 Å². The Hall–Kier alpha value is -1.57. The fourth-order valence-electron chi connectivity index (χ4n) is 2.27. The van der Waals surface area contributed by atoms with Crippen LogP contribution < -0.4 is 10.4 Å². The third-order valence-electron chi connectivity index (χ3n) is 3.81. The molecule has 0 aliphatic heterocycles. The van der Waals surface area contributed by atoms with Crippen LogP contribution in [0.15, 0.2) is 48.5 Å². The summed E-state index contributed by atoms with van der Waals surface area (Å²) >= 11 is 0. The van der Waals surface area contributed by atoms with E-state index in [-0.39, 0.29) is 0 Å². The second-order valence-electron chi connectivity index (χ2n) is 7.91. The van der Waals surface area contributed by atoms with E-state index < -0.39 is 16.1 Å². The molecular formula is C20H26Si2. The Morgan fingerprint density at radius 3 is 1.27 bits per heavy atom. The van der Waals surface area contributed by atoms with E-state index in [2.05, 4.69) is 99.7 Å². The van der Waals surface area contributed by atoms with Gasteiger partial charge in [0.2, 0.25) is 0 Å². The zero-order chi connectivity index (χ0) is 16.4. The average molecular weight is 323 g/mol. The highest BCUT2D eigenvalue weighted by atomic mass is 28.3. The summed E-state index contributed by atoms with van der Waals surface area (Å²) in [5.41, 5.74) is 2.25. The fourth-order valence-corrected chi connectivity index (χ4v) is 4.64. The maximum Gasteiger partial charge on any atom is 0.0776 e. The Morgan fingerprint density at radius 2 is 0.955 bits per heavy atom. The Bertz CT molecular complexity index is 658. The largest absolute Gasteiger partial charge is 0.0776 e. The molecule has 0 saturated carbocycles. The Balaban J connectivity index is 2.32. The number of rotatable bonds is 2. The molecule has 0 aromatic heterocycles. The molecule has 22 heavy (non-hydrogen) atoms. The maximum atomic E-state index is 3.34.